The molecule has 0 aromatic heterocycles. The number of aliphatic imine (C=N–C) groups is 1. The number of rotatable bonds is 5. The summed E-state index contributed by atoms with van der Waals surface area (Å²) in [5.74, 6) is 1.54. The van der Waals surface area contributed by atoms with E-state index in [4.69, 9.17) is 39.5 Å². The van der Waals surface area contributed by atoms with Gasteiger partial charge in [-0.2, -0.15) is 0 Å². The molecular weight excluding hydrogens is 389 g/mol. The Morgan fingerprint density at radius 3 is 2.35 bits per heavy atom. The molecule has 0 bridgehead atoms. The average molecular weight is 405 g/mol. The Bertz CT molecular complexity index is 926. The largest absolute Gasteiger partial charge is 0.457 e. The molecule has 0 saturated heterocycles. The third-order valence-electron chi connectivity index (χ3n) is 3.80. The van der Waals surface area contributed by atoms with Gasteiger partial charge in [0.2, 0.25) is 0 Å². The Kier molecular flexibility index (Phi) is 6.20. The summed E-state index contributed by atoms with van der Waals surface area (Å²) in [5, 5.41) is 1.22. The van der Waals surface area contributed by atoms with Gasteiger partial charge in [-0.3, -0.25) is 4.99 Å². The normalized spacial score (nSPS) is 12.3. The predicted molar refractivity (Wildman–Crippen MR) is 110 cm³/mol. The lowest BCUT2D eigenvalue weighted by Gasteiger charge is -2.11. The Morgan fingerprint density at radius 1 is 0.846 bits per heavy atom. The maximum atomic E-state index is 6.28. The van der Waals surface area contributed by atoms with Gasteiger partial charge >= 0.3 is 0 Å². The number of benzene rings is 3. The zero-order valence-electron chi connectivity index (χ0n) is 14.0. The average Bonchev–Trinajstić information content (AvgIpc) is 2.65. The van der Waals surface area contributed by atoms with Crippen LogP contribution in [0.2, 0.25) is 15.1 Å². The van der Waals surface area contributed by atoms with E-state index in [9.17, 15) is 0 Å². The van der Waals surface area contributed by atoms with Gasteiger partial charge in [-0.05, 0) is 48.4 Å². The first-order chi connectivity index (χ1) is 12.5. The van der Waals surface area contributed by atoms with Crippen LogP contribution in [0.15, 0.2) is 71.7 Å². The Hall–Kier alpha value is -2.00. The van der Waals surface area contributed by atoms with Crippen LogP contribution in [0.25, 0.3) is 0 Å². The van der Waals surface area contributed by atoms with E-state index in [1.165, 1.54) is 0 Å². The van der Waals surface area contributed by atoms with Gasteiger partial charge < -0.3 is 4.74 Å². The summed E-state index contributed by atoms with van der Waals surface area (Å²) in [4.78, 5) is 4.58. The molecule has 0 saturated carbocycles. The van der Waals surface area contributed by atoms with Gasteiger partial charge in [0, 0.05) is 6.21 Å². The summed E-state index contributed by atoms with van der Waals surface area (Å²) in [5.41, 5.74) is 1.76. The molecule has 1 atom stereocenters. The van der Waals surface area contributed by atoms with Crippen molar-refractivity contribution >= 4 is 41.0 Å². The van der Waals surface area contributed by atoms with E-state index in [-0.39, 0.29) is 6.04 Å². The van der Waals surface area contributed by atoms with Crippen molar-refractivity contribution in [2.45, 2.75) is 13.0 Å². The van der Waals surface area contributed by atoms with E-state index in [0.29, 0.717) is 15.1 Å². The maximum Gasteiger partial charge on any atom is 0.128 e. The van der Waals surface area contributed by atoms with Crippen molar-refractivity contribution in [2.75, 3.05) is 0 Å². The quantitative estimate of drug-likeness (QED) is 0.316. The molecule has 1 unspecified atom stereocenters. The fourth-order valence-corrected chi connectivity index (χ4v) is 3.13. The Morgan fingerprint density at radius 2 is 1.58 bits per heavy atom. The third kappa shape index (κ3) is 4.59. The lowest BCUT2D eigenvalue weighted by Crippen LogP contribution is -1.94. The molecule has 132 valence electrons. The van der Waals surface area contributed by atoms with Gasteiger partial charge in [0.1, 0.15) is 11.5 Å². The summed E-state index contributed by atoms with van der Waals surface area (Å²) in [6, 6.07) is 20.8. The molecule has 5 heteroatoms. The molecule has 0 heterocycles. The number of nitrogens with zero attached hydrogens (tertiary/aromatic N) is 1. The molecule has 0 radical (unpaired) electrons. The third-order valence-corrected chi connectivity index (χ3v) is 5.11. The fraction of sp³-hybridized carbons (Fsp3) is 0.0952. The summed E-state index contributed by atoms with van der Waals surface area (Å²) in [6.07, 6.45) is 1.79. The summed E-state index contributed by atoms with van der Waals surface area (Å²) in [7, 11) is 0. The molecular formula is C21H16Cl3NO. The van der Waals surface area contributed by atoms with Crippen LogP contribution >= 0.6 is 34.8 Å². The second-order valence-corrected chi connectivity index (χ2v) is 6.87. The van der Waals surface area contributed by atoms with E-state index in [0.717, 1.165) is 22.6 Å². The molecule has 0 spiro atoms. The van der Waals surface area contributed by atoms with Gasteiger partial charge in [0.15, 0.2) is 0 Å². The highest BCUT2D eigenvalue weighted by atomic mass is 35.5. The highest BCUT2D eigenvalue weighted by Crippen LogP contribution is 2.36. The van der Waals surface area contributed by atoms with Gasteiger partial charge in [0.25, 0.3) is 0 Å². The van der Waals surface area contributed by atoms with Crippen LogP contribution in [-0.2, 0) is 0 Å². The van der Waals surface area contributed by atoms with Crippen LogP contribution in [0.5, 0.6) is 11.5 Å². The molecule has 26 heavy (non-hydrogen) atoms. The van der Waals surface area contributed by atoms with Crippen molar-refractivity contribution in [3.05, 3.63) is 92.9 Å². The maximum absolute atomic E-state index is 6.28. The monoisotopic (exact) mass is 403 g/mol. The number of halogens is 3. The first-order valence-corrected chi connectivity index (χ1v) is 9.17. The SMILES string of the molecule is CC(N=Cc1cccc(Oc2ccccc2)c1)c1ccc(Cl)c(Cl)c1Cl. The van der Waals surface area contributed by atoms with Crippen molar-refractivity contribution in [1.82, 2.24) is 0 Å². The standard InChI is InChI=1S/C21H16Cl3NO/c1-14(18-10-11-19(22)21(24)20(18)23)25-13-15-6-5-9-17(12-15)26-16-7-3-2-4-8-16/h2-14H,1H3. The van der Waals surface area contributed by atoms with E-state index >= 15 is 0 Å². The molecule has 0 fully saturated rings. The minimum Gasteiger partial charge on any atom is -0.457 e. The summed E-state index contributed by atoms with van der Waals surface area (Å²) in [6.45, 7) is 1.95. The second kappa shape index (κ2) is 8.59. The molecule has 2 nitrogen and oxygen atoms in total. The van der Waals surface area contributed by atoms with Crippen molar-refractivity contribution in [2.24, 2.45) is 4.99 Å². The molecule has 3 aromatic carbocycles. The number of ether oxygens (including phenoxy) is 1. The minimum atomic E-state index is -0.157. The van der Waals surface area contributed by atoms with Crippen LogP contribution in [-0.4, -0.2) is 6.21 Å². The van der Waals surface area contributed by atoms with Crippen LogP contribution < -0.4 is 4.74 Å². The zero-order chi connectivity index (χ0) is 18.5. The topological polar surface area (TPSA) is 21.6 Å². The lowest BCUT2D eigenvalue weighted by atomic mass is 10.1. The summed E-state index contributed by atoms with van der Waals surface area (Å²) < 4.78 is 5.84. The van der Waals surface area contributed by atoms with E-state index < -0.39 is 0 Å². The van der Waals surface area contributed by atoms with Crippen LogP contribution in [0.1, 0.15) is 24.1 Å². The number of hydrogen-bond acceptors (Lipinski definition) is 2. The Balaban J connectivity index is 1.76. The smallest absolute Gasteiger partial charge is 0.128 e. The lowest BCUT2D eigenvalue weighted by molar-refractivity contribution is 0.482. The highest BCUT2D eigenvalue weighted by molar-refractivity contribution is 6.48. The van der Waals surface area contributed by atoms with Crippen LogP contribution in [0, 0.1) is 0 Å². The second-order valence-electron chi connectivity index (χ2n) is 5.71. The molecule has 0 aliphatic carbocycles. The molecule has 0 amide bonds. The molecule has 0 aliphatic rings. The first-order valence-electron chi connectivity index (χ1n) is 8.04. The van der Waals surface area contributed by atoms with Gasteiger partial charge in [-0.15, -0.1) is 0 Å². The molecule has 0 aliphatic heterocycles. The van der Waals surface area contributed by atoms with Gasteiger partial charge in [0.05, 0.1) is 21.1 Å². The molecule has 0 N–H and O–H groups in total. The summed E-state index contributed by atoms with van der Waals surface area (Å²) >= 11 is 18.4. The van der Waals surface area contributed by atoms with Gasteiger partial charge in [-0.25, -0.2) is 0 Å². The fourth-order valence-electron chi connectivity index (χ4n) is 2.42. The zero-order valence-corrected chi connectivity index (χ0v) is 16.3. The van der Waals surface area contributed by atoms with E-state index in [1.807, 2.05) is 67.6 Å². The highest BCUT2D eigenvalue weighted by Gasteiger charge is 2.13. The van der Waals surface area contributed by atoms with Crippen LogP contribution in [0.3, 0.4) is 0 Å². The predicted octanol–water partition coefficient (Wildman–Crippen LogP) is 7.62. The number of para-hydroxylation sites is 1. The van der Waals surface area contributed by atoms with E-state index in [1.54, 1.807) is 12.3 Å². The van der Waals surface area contributed by atoms with Crippen molar-refractivity contribution in [1.29, 1.82) is 0 Å². The van der Waals surface area contributed by atoms with E-state index in [2.05, 4.69) is 4.99 Å². The minimum absolute atomic E-state index is 0.157. The molecule has 3 aromatic rings. The Labute approximate surface area is 168 Å². The number of hydrogen-bond donors (Lipinski definition) is 0. The van der Waals surface area contributed by atoms with Crippen molar-refractivity contribution in [3.63, 3.8) is 0 Å². The van der Waals surface area contributed by atoms with Crippen molar-refractivity contribution < 1.29 is 4.74 Å². The van der Waals surface area contributed by atoms with Crippen LogP contribution in [0.4, 0.5) is 0 Å². The van der Waals surface area contributed by atoms with Crippen molar-refractivity contribution in [3.8, 4) is 11.5 Å². The van der Waals surface area contributed by atoms with Gasteiger partial charge in [-0.1, -0.05) is 71.2 Å². The molecule has 3 rings (SSSR count). The first kappa shape index (κ1) is 18.8.